The molecule has 0 saturated heterocycles. The maximum atomic E-state index is 11.9. The van der Waals surface area contributed by atoms with E-state index < -0.39 is 0 Å². The number of esters is 1. The minimum Gasteiger partial charge on any atom is -0.462 e. The minimum atomic E-state index is -0.387. The number of aliphatic imine (C=N–C) groups is 2. The molecule has 1 aliphatic carbocycles. The van der Waals surface area contributed by atoms with Gasteiger partial charge < -0.3 is 15.8 Å². The fraction of sp³-hybridized carbons (Fsp3) is 0.500. The molecule has 3 N–H and O–H groups in total. The van der Waals surface area contributed by atoms with Crippen LogP contribution in [-0.2, 0) is 11.2 Å². The summed E-state index contributed by atoms with van der Waals surface area (Å²) in [6.07, 6.45) is 5.98. The van der Waals surface area contributed by atoms with Gasteiger partial charge in [0.05, 0.1) is 12.2 Å². The zero-order valence-corrected chi connectivity index (χ0v) is 14.0. The zero-order valence-electron chi connectivity index (χ0n) is 14.0. The van der Waals surface area contributed by atoms with Crippen molar-refractivity contribution < 1.29 is 9.53 Å². The maximum absolute atomic E-state index is 11.9. The van der Waals surface area contributed by atoms with Crippen molar-refractivity contribution in [2.24, 2.45) is 15.7 Å². The smallest absolute Gasteiger partial charge is 0.338 e. The van der Waals surface area contributed by atoms with Gasteiger partial charge in [0.1, 0.15) is 5.84 Å². The highest BCUT2D eigenvalue weighted by molar-refractivity contribution is 6.01. The van der Waals surface area contributed by atoms with E-state index in [9.17, 15) is 4.79 Å². The van der Waals surface area contributed by atoms with Crippen LogP contribution in [0.3, 0.4) is 0 Å². The van der Waals surface area contributed by atoms with Gasteiger partial charge in [-0.05, 0) is 50.3 Å². The van der Waals surface area contributed by atoms with Crippen molar-refractivity contribution >= 4 is 17.8 Å². The van der Waals surface area contributed by atoms with Crippen LogP contribution in [0, 0.1) is 0 Å². The van der Waals surface area contributed by atoms with Gasteiger partial charge in [-0.25, -0.2) is 14.8 Å². The first-order valence-electron chi connectivity index (χ1n) is 8.57. The molecular formula is C18H24N4O2. The molecule has 0 atom stereocenters. The van der Waals surface area contributed by atoms with Crippen LogP contribution in [0.1, 0.15) is 54.9 Å². The molecule has 2 aliphatic rings. The Kier molecular flexibility index (Phi) is 4.83. The van der Waals surface area contributed by atoms with E-state index in [0.717, 1.165) is 37.1 Å². The quantitative estimate of drug-likeness (QED) is 0.831. The Balaban J connectivity index is 1.78. The Hall–Kier alpha value is -2.37. The number of benzene rings is 1. The topological polar surface area (TPSA) is 89.1 Å². The van der Waals surface area contributed by atoms with Crippen molar-refractivity contribution in [1.29, 1.82) is 0 Å². The Labute approximate surface area is 142 Å². The Morgan fingerprint density at radius 3 is 2.83 bits per heavy atom. The van der Waals surface area contributed by atoms with Crippen LogP contribution >= 0.6 is 0 Å². The lowest BCUT2D eigenvalue weighted by atomic mass is 9.89. The van der Waals surface area contributed by atoms with Gasteiger partial charge in [-0.2, -0.15) is 0 Å². The number of hydrogen-bond donors (Lipinski definition) is 2. The first-order chi connectivity index (χ1) is 11.6. The van der Waals surface area contributed by atoms with Gasteiger partial charge in [0, 0.05) is 6.42 Å². The van der Waals surface area contributed by atoms with Crippen LogP contribution in [0.4, 0.5) is 0 Å². The summed E-state index contributed by atoms with van der Waals surface area (Å²) in [5, 5.41) is 3.07. The van der Waals surface area contributed by atoms with Gasteiger partial charge in [0.15, 0.2) is 11.6 Å². The van der Waals surface area contributed by atoms with Crippen LogP contribution in [0.25, 0.3) is 0 Å². The monoisotopic (exact) mass is 328 g/mol. The molecule has 0 radical (unpaired) electrons. The molecule has 1 heterocycles. The van der Waals surface area contributed by atoms with Crippen molar-refractivity contribution in [2.75, 3.05) is 6.61 Å². The van der Waals surface area contributed by atoms with Gasteiger partial charge in [-0.15, -0.1) is 0 Å². The number of hydrogen-bond acceptors (Lipinski definition) is 6. The molecular weight excluding hydrogens is 304 g/mol. The van der Waals surface area contributed by atoms with Gasteiger partial charge in [-0.3, -0.25) is 0 Å². The number of amidine groups is 1. The lowest BCUT2D eigenvalue weighted by Crippen LogP contribution is -2.47. The van der Waals surface area contributed by atoms with Crippen molar-refractivity contribution in [1.82, 2.24) is 5.32 Å². The standard InChI is InChI=1S/C18H24N4O2/c1-2-24-16(23)14-8-6-7-13(11-14)12-15-20-17(19)22-18(21-15)9-4-3-5-10-18/h6-8,11H,2-5,9-10,12H2,1H3,(H3,19,20,21,22). The van der Waals surface area contributed by atoms with Crippen LogP contribution in [0.5, 0.6) is 0 Å². The van der Waals surface area contributed by atoms with Gasteiger partial charge >= 0.3 is 5.97 Å². The highest BCUT2D eigenvalue weighted by Crippen LogP contribution is 2.34. The summed E-state index contributed by atoms with van der Waals surface area (Å²) in [5.74, 6) is 0.941. The van der Waals surface area contributed by atoms with E-state index in [2.05, 4.69) is 10.3 Å². The number of ether oxygens (including phenoxy) is 1. The summed E-state index contributed by atoms with van der Waals surface area (Å²) >= 11 is 0. The lowest BCUT2D eigenvalue weighted by molar-refractivity contribution is 0.0526. The normalized spacial score (nSPS) is 19.2. The number of nitrogens with two attached hydrogens (primary N) is 1. The number of guanidine groups is 1. The van der Waals surface area contributed by atoms with Crippen molar-refractivity contribution in [3.63, 3.8) is 0 Å². The number of rotatable bonds is 4. The predicted octanol–water partition coefficient (Wildman–Crippen LogP) is 2.38. The summed E-state index contributed by atoms with van der Waals surface area (Å²) in [6.45, 7) is 2.17. The van der Waals surface area contributed by atoms with E-state index in [-0.39, 0.29) is 11.6 Å². The van der Waals surface area contributed by atoms with Crippen molar-refractivity contribution in [3.05, 3.63) is 35.4 Å². The molecule has 0 aromatic heterocycles. The second-order valence-corrected chi connectivity index (χ2v) is 6.32. The second kappa shape index (κ2) is 7.03. The number of nitrogens with one attached hydrogen (secondary N) is 1. The first kappa shape index (κ1) is 16.5. The molecule has 6 nitrogen and oxygen atoms in total. The molecule has 3 rings (SSSR count). The molecule has 0 bridgehead atoms. The van der Waals surface area contributed by atoms with Crippen molar-refractivity contribution in [3.8, 4) is 0 Å². The third kappa shape index (κ3) is 3.75. The van der Waals surface area contributed by atoms with Crippen LogP contribution in [0.2, 0.25) is 0 Å². The van der Waals surface area contributed by atoms with E-state index >= 15 is 0 Å². The van der Waals surface area contributed by atoms with E-state index in [4.69, 9.17) is 15.5 Å². The second-order valence-electron chi connectivity index (χ2n) is 6.32. The maximum Gasteiger partial charge on any atom is 0.338 e. The fourth-order valence-electron chi connectivity index (χ4n) is 3.35. The van der Waals surface area contributed by atoms with E-state index in [1.807, 2.05) is 18.2 Å². The highest BCUT2D eigenvalue weighted by atomic mass is 16.5. The molecule has 6 heteroatoms. The largest absolute Gasteiger partial charge is 0.462 e. The SMILES string of the molecule is CCOC(=O)c1cccc(CC2=NC3(CCCCC3)N=C(N)N2)c1. The van der Waals surface area contributed by atoms with Crippen LogP contribution < -0.4 is 11.1 Å². The Morgan fingerprint density at radius 2 is 2.08 bits per heavy atom. The molecule has 1 spiro atoms. The zero-order chi connectivity index (χ0) is 17.0. The molecule has 1 aromatic rings. The molecule has 1 fully saturated rings. The fourth-order valence-corrected chi connectivity index (χ4v) is 3.35. The average molecular weight is 328 g/mol. The predicted molar refractivity (Wildman–Crippen MR) is 94.1 cm³/mol. The lowest BCUT2D eigenvalue weighted by Gasteiger charge is -2.34. The Morgan fingerprint density at radius 1 is 1.29 bits per heavy atom. The molecule has 1 aliphatic heterocycles. The van der Waals surface area contributed by atoms with E-state index in [1.54, 1.807) is 13.0 Å². The van der Waals surface area contributed by atoms with Crippen molar-refractivity contribution in [2.45, 2.75) is 51.1 Å². The van der Waals surface area contributed by atoms with Crippen LogP contribution in [0.15, 0.2) is 34.3 Å². The third-order valence-electron chi connectivity index (χ3n) is 4.41. The number of carbonyl (C=O) groups excluding carboxylic acids is 1. The van der Waals surface area contributed by atoms with E-state index in [1.165, 1.54) is 6.42 Å². The summed E-state index contributed by atoms with van der Waals surface area (Å²) in [6, 6.07) is 7.44. The number of carbonyl (C=O) groups is 1. The molecule has 24 heavy (non-hydrogen) atoms. The van der Waals surface area contributed by atoms with Crippen LogP contribution in [-0.4, -0.2) is 30.0 Å². The first-order valence-corrected chi connectivity index (χ1v) is 8.57. The molecule has 0 unspecified atom stereocenters. The highest BCUT2D eigenvalue weighted by Gasteiger charge is 2.34. The van der Waals surface area contributed by atoms with Gasteiger partial charge in [0.2, 0.25) is 0 Å². The molecule has 1 aromatic carbocycles. The molecule has 0 amide bonds. The third-order valence-corrected chi connectivity index (χ3v) is 4.41. The number of nitrogens with zero attached hydrogens (tertiary/aromatic N) is 2. The van der Waals surface area contributed by atoms with E-state index in [0.29, 0.717) is 24.6 Å². The summed E-state index contributed by atoms with van der Waals surface area (Å²) in [7, 11) is 0. The minimum absolute atomic E-state index is 0.303. The average Bonchev–Trinajstić information content (AvgIpc) is 2.55. The van der Waals surface area contributed by atoms with Gasteiger partial charge in [-0.1, -0.05) is 18.6 Å². The summed E-state index contributed by atoms with van der Waals surface area (Å²) < 4.78 is 5.06. The molecule has 1 saturated carbocycles. The Bertz CT molecular complexity index is 675. The van der Waals surface area contributed by atoms with Gasteiger partial charge in [0.25, 0.3) is 0 Å². The summed E-state index contributed by atoms with van der Waals surface area (Å²) in [5.41, 5.74) is 7.15. The molecule has 128 valence electrons. The summed E-state index contributed by atoms with van der Waals surface area (Å²) in [4.78, 5) is 21.3.